The maximum atomic E-state index is 12.6. The third-order valence-corrected chi connectivity index (χ3v) is 6.62. The number of methoxy groups -OCH3 is 1. The fraction of sp³-hybridized carbons (Fsp3) is 0.316. The highest BCUT2D eigenvalue weighted by atomic mass is 32.2. The largest absolute Gasteiger partial charge is 0.497 e. The van der Waals surface area contributed by atoms with Crippen LogP contribution in [0.5, 0.6) is 17.2 Å². The predicted molar refractivity (Wildman–Crippen MR) is 103 cm³/mol. The molecule has 9 nitrogen and oxygen atoms in total. The number of amides is 2. The summed E-state index contributed by atoms with van der Waals surface area (Å²) < 4.78 is 42.1. The maximum absolute atomic E-state index is 12.6. The molecule has 1 fully saturated rings. The molecule has 0 radical (unpaired) electrons. The van der Waals surface area contributed by atoms with Crippen LogP contribution >= 0.6 is 0 Å². The van der Waals surface area contributed by atoms with Crippen molar-refractivity contribution in [1.82, 2.24) is 14.9 Å². The number of hydrogen-bond acceptors (Lipinski definition) is 6. The van der Waals surface area contributed by atoms with E-state index in [9.17, 15) is 13.2 Å². The Bertz CT molecular complexity index is 1000. The zero-order valence-electron chi connectivity index (χ0n) is 15.8. The SMILES string of the molecule is COc1ccc(S(=O)(=O)N2CC(NC(=O)NCc3ccc4c(c3)OCO4)C2)cc1. The molecule has 2 aliphatic heterocycles. The zero-order valence-corrected chi connectivity index (χ0v) is 16.6. The van der Waals surface area contributed by atoms with Crippen LogP contribution in [0.25, 0.3) is 0 Å². The molecule has 2 aromatic rings. The van der Waals surface area contributed by atoms with Crippen molar-refractivity contribution in [1.29, 1.82) is 0 Å². The molecule has 0 spiro atoms. The van der Waals surface area contributed by atoms with Crippen LogP contribution in [0, 0.1) is 0 Å². The van der Waals surface area contributed by atoms with Gasteiger partial charge in [0, 0.05) is 19.6 Å². The van der Waals surface area contributed by atoms with Crippen molar-refractivity contribution >= 4 is 16.1 Å². The lowest BCUT2D eigenvalue weighted by atomic mass is 10.2. The first kappa shape index (κ1) is 19.3. The average Bonchev–Trinajstić information content (AvgIpc) is 3.16. The minimum atomic E-state index is -3.58. The molecule has 0 saturated carbocycles. The molecule has 29 heavy (non-hydrogen) atoms. The van der Waals surface area contributed by atoms with E-state index >= 15 is 0 Å². The van der Waals surface area contributed by atoms with Crippen molar-refractivity contribution < 1.29 is 27.4 Å². The smallest absolute Gasteiger partial charge is 0.315 e. The van der Waals surface area contributed by atoms with Crippen molar-refractivity contribution in [2.24, 2.45) is 0 Å². The first-order chi connectivity index (χ1) is 14.0. The molecule has 2 amide bonds. The third kappa shape index (κ3) is 4.08. The van der Waals surface area contributed by atoms with Gasteiger partial charge in [-0.25, -0.2) is 13.2 Å². The van der Waals surface area contributed by atoms with Crippen LogP contribution in [0.15, 0.2) is 47.4 Å². The Balaban J connectivity index is 1.25. The molecule has 0 aliphatic carbocycles. The number of sulfonamides is 1. The van der Waals surface area contributed by atoms with Gasteiger partial charge in [0.2, 0.25) is 16.8 Å². The van der Waals surface area contributed by atoms with E-state index in [1.54, 1.807) is 18.2 Å². The maximum Gasteiger partial charge on any atom is 0.315 e. The van der Waals surface area contributed by atoms with Crippen LogP contribution in [0.4, 0.5) is 4.79 Å². The highest BCUT2D eigenvalue weighted by molar-refractivity contribution is 7.89. The van der Waals surface area contributed by atoms with Gasteiger partial charge in [0.25, 0.3) is 0 Å². The molecular formula is C19H21N3O6S. The second-order valence-electron chi connectivity index (χ2n) is 6.71. The van der Waals surface area contributed by atoms with Crippen molar-refractivity contribution in [3.05, 3.63) is 48.0 Å². The van der Waals surface area contributed by atoms with E-state index in [0.29, 0.717) is 23.8 Å². The Morgan fingerprint density at radius 3 is 2.59 bits per heavy atom. The number of benzene rings is 2. The van der Waals surface area contributed by atoms with Crippen molar-refractivity contribution in [2.75, 3.05) is 27.0 Å². The molecular weight excluding hydrogens is 398 g/mol. The van der Waals surface area contributed by atoms with Crippen molar-refractivity contribution in [3.8, 4) is 17.2 Å². The fourth-order valence-electron chi connectivity index (χ4n) is 3.09. The number of carbonyl (C=O) groups excluding carboxylic acids is 1. The average molecular weight is 419 g/mol. The Labute approximate surface area is 168 Å². The van der Waals surface area contributed by atoms with Gasteiger partial charge >= 0.3 is 6.03 Å². The summed E-state index contributed by atoms with van der Waals surface area (Å²) in [6.07, 6.45) is 0. The first-order valence-electron chi connectivity index (χ1n) is 9.03. The van der Waals surface area contributed by atoms with E-state index in [2.05, 4.69) is 10.6 Å². The molecule has 2 aliphatic rings. The second-order valence-corrected chi connectivity index (χ2v) is 8.65. The second kappa shape index (κ2) is 7.80. The number of fused-ring (bicyclic) bond motifs is 1. The monoisotopic (exact) mass is 419 g/mol. The fourth-order valence-corrected chi connectivity index (χ4v) is 4.62. The molecule has 0 aromatic heterocycles. The van der Waals surface area contributed by atoms with Gasteiger partial charge in [-0.05, 0) is 42.0 Å². The Morgan fingerprint density at radius 2 is 1.86 bits per heavy atom. The van der Waals surface area contributed by atoms with E-state index in [-0.39, 0.29) is 36.9 Å². The van der Waals surface area contributed by atoms with Crippen molar-refractivity contribution in [3.63, 3.8) is 0 Å². The molecule has 0 atom stereocenters. The number of ether oxygens (including phenoxy) is 3. The number of rotatable bonds is 6. The molecule has 2 aromatic carbocycles. The van der Waals surface area contributed by atoms with E-state index in [4.69, 9.17) is 14.2 Å². The lowest BCUT2D eigenvalue weighted by Gasteiger charge is -2.38. The van der Waals surface area contributed by atoms with Gasteiger partial charge in [-0.15, -0.1) is 0 Å². The number of carbonyl (C=O) groups is 1. The number of hydrogen-bond donors (Lipinski definition) is 2. The summed E-state index contributed by atoms with van der Waals surface area (Å²) in [5.41, 5.74) is 0.877. The van der Waals surface area contributed by atoms with Crippen LogP contribution in [0.1, 0.15) is 5.56 Å². The zero-order chi connectivity index (χ0) is 20.4. The Hall–Kier alpha value is -2.98. The van der Waals surface area contributed by atoms with Gasteiger partial charge in [0.05, 0.1) is 18.0 Å². The summed E-state index contributed by atoms with van der Waals surface area (Å²) in [5.74, 6) is 1.93. The summed E-state index contributed by atoms with van der Waals surface area (Å²) in [4.78, 5) is 12.3. The molecule has 0 bridgehead atoms. The quantitative estimate of drug-likeness (QED) is 0.731. The van der Waals surface area contributed by atoms with Crippen LogP contribution in [0.2, 0.25) is 0 Å². The Kier molecular flexibility index (Phi) is 5.20. The van der Waals surface area contributed by atoms with Gasteiger partial charge in [-0.3, -0.25) is 0 Å². The number of nitrogens with one attached hydrogen (secondary N) is 2. The highest BCUT2D eigenvalue weighted by Crippen LogP contribution is 2.32. The van der Waals surface area contributed by atoms with Gasteiger partial charge < -0.3 is 24.8 Å². The lowest BCUT2D eigenvalue weighted by Crippen LogP contribution is -2.61. The topological polar surface area (TPSA) is 106 Å². The van der Waals surface area contributed by atoms with Gasteiger partial charge in [-0.1, -0.05) is 6.07 Å². The van der Waals surface area contributed by atoms with E-state index in [0.717, 1.165) is 5.56 Å². The lowest BCUT2D eigenvalue weighted by molar-refractivity contribution is 0.174. The minimum absolute atomic E-state index is 0.198. The highest BCUT2D eigenvalue weighted by Gasteiger charge is 2.37. The van der Waals surface area contributed by atoms with Crippen LogP contribution in [-0.2, 0) is 16.6 Å². The van der Waals surface area contributed by atoms with Crippen LogP contribution in [0.3, 0.4) is 0 Å². The molecule has 2 heterocycles. The van der Waals surface area contributed by atoms with E-state index in [1.165, 1.54) is 23.5 Å². The van der Waals surface area contributed by atoms with E-state index < -0.39 is 10.0 Å². The van der Waals surface area contributed by atoms with Gasteiger partial charge in [0.1, 0.15) is 5.75 Å². The summed E-state index contributed by atoms with van der Waals surface area (Å²) in [6.45, 7) is 0.977. The summed E-state index contributed by atoms with van der Waals surface area (Å²) in [7, 11) is -2.06. The number of urea groups is 1. The van der Waals surface area contributed by atoms with Crippen molar-refractivity contribution in [2.45, 2.75) is 17.5 Å². The normalized spacial score (nSPS) is 16.2. The van der Waals surface area contributed by atoms with Gasteiger partial charge in [-0.2, -0.15) is 4.31 Å². The molecule has 154 valence electrons. The standard InChI is InChI=1S/C19H21N3O6S/c1-26-15-3-5-16(6-4-15)29(24,25)22-10-14(11-22)21-19(23)20-9-13-2-7-17-18(8-13)28-12-27-17/h2-8,14H,9-12H2,1H3,(H2,20,21,23). The first-order valence-corrected chi connectivity index (χ1v) is 10.5. The Morgan fingerprint density at radius 1 is 1.14 bits per heavy atom. The van der Waals surface area contributed by atoms with E-state index in [1.807, 2.05) is 12.1 Å². The predicted octanol–water partition coefficient (Wildman–Crippen LogP) is 1.30. The van der Waals surface area contributed by atoms with Gasteiger partial charge in [0.15, 0.2) is 11.5 Å². The molecule has 10 heteroatoms. The van der Waals surface area contributed by atoms with Crippen LogP contribution in [-0.4, -0.2) is 51.8 Å². The van der Waals surface area contributed by atoms with Crippen LogP contribution < -0.4 is 24.8 Å². The molecule has 0 unspecified atom stereocenters. The summed E-state index contributed by atoms with van der Waals surface area (Å²) in [5, 5.41) is 5.54. The summed E-state index contributed by atoms with van der Waals surface area (Å²) >= 11 is 0. The number of nitrogens with zero attached hydrogens (tertiary/aromatic N) is 1. The minimum Gasteiger partial charge on any atom is -0.497 e. The molecule has 2 N–H and O–H groups in total. The molecule has 1 saturated heterocycles. The molecule has 4 rings (SSSR count). The third-order valence-electron chi connectivity index (χ3n) is 4.77. The summed E-state index contributed by atoms with van der Waals surface area (Å²) in [6, 6.07) is 11.1.